The molecule has 5 nitrogen and oxygen atoms in total. The second-order valence-corrected chi connectivity index (χ2v) is 6.18. The molecule has 7 heteroatoms. The van der Waals surface area contributed by atoms with Crippen molar-refractivity contribution in [3.63, 3.8) is 0 Å². The zero-order valence-corrected chi connectivity index (χ0v) is 13.0. The molecule has 20 heavy (non-hydrogen) atoms. The van der Waals surface area contributed by atoms with Crippen LogP contribution in [0.2, 0.25) is 0 Å². The molecule has 1 N–H and O–H groups in total. The maximum atomic E-state index is 12.0. The Balaban J connectivity index is 2.07. The van der Waals surface area contributed by atoms with Crippen LogP contribution in [0.5, 0.6) is 0 Å². The quantitative estimate of drug-likeness (QED) is 0.880. The highest BCUT2D eigenvalue weighted by atomic mass is 32.1. The molecule has 0 aliphatic rings. The molecular weight excluding hydrogens is 296 g/mol. The predicted octanol–water partition coefficient (Wildman–Crippen LogP) is 3.25. The summed E-state index contributed by atoms with van der Waals surface area (Å²) in [5, 5.41) is 4.65. The zero-order valence-electron chi connectivity index (χ0n) is 11.4. The fourth-order valence-corrected chi connectivity index (χ4v) is 3.08. The number of thiazole rings is 1. The maximum Gasteiger partial charge on any atom is 0.357 e. The van der Waals surface area contributed by atoms with Gasteiger partial charge in [-0.3, -0.25) is 10.1 Å². The monoisotopic (exact) mass is 310 g/mol. The Morgan fingerprint density at radius 1 is 1.40 bits per heavy atom. The van der Waals surface area contributed by atoms with E-state index in [-0.39, 0.29) is 11.6 Å². The van der Waals surface area contributed by atoms with Crippen LogP contribution in [0.1, 0.15) is 37.5 Å². The van der Waals surface area contributed by atoms with E-state index < -0.39 is 5.97 Å². The van der Waals surface area contributed by atoms with Crippen molar-refractivity contribution in [1.82, 2.24) is 4.98 Å². The highest BCUT2D eigenvalue weighted by molar-refractivity contribution is 7.15. The van der Waals surface area contributed by atoms with Gasteiger partial charge in [-0.1, -0.05) is 0 Å². The van der Waals surface area contributed by atoms with Crippen molar-refractivity contribution < 1.29 is 14.3 Å². The van der Waals surface area contributed by atoms with E-state index in [0.29, 0.717) is 16.6 Å². The molecular formula is C13H14N2O3S2. The lowest BCUT2D eigenvalue weighted by Gasteiger charge is -1.98. The molecule has 0 aromatic carbocycles. The van der Waals surface area contributed by atoms with Gasteiger partial charge in [0.15, 0.2) is 10.8 Å². The number of nitrogens with zero attached hydrogens (tertiary/aromatic N) is 1. The van der Waals surface area contributed by atoms with Gasteiger partial charge in [-0.2, -0.15) is 0 Å². The summed E-state index contributed by atoms with van der Waals surface area (Å²) in [6, 6.07) is 1.84. The van der Waals surface area contributed by atoms with Crippen molar-refractivity contribution in [3.8, 4) is 0 Å². The van der Waals surface area contributed by atoms with E-state index in [2.05, 4.69) is 10.3 Å². The van der Waals surface area contributed by atoms with Crippen molar-refractivity contribution >= 4 is 39.7 Å². The third-order valence-corrected chi connectivity index (χ3v) is 4.51. The van der Waals surface area contributed by atoms with E-state index in [1.807, 2.05) is 19.9 Å². The normalized spacial score (nSPS) is 10.3. The van der Waals surface area contributed by atoms with Crippen molar-refractivity contribution in [2.24, 2.45) is 0 Å². The Hall–Kier alpha value is -1.73. The van der Waals surface area contributed by atoms with E-state index in [0.717, 1.165) is 10.4 Å². The summed E-state index contributed by atoms with van der Waals surface area (Å²) >= 11 is 2.63. The molecule has 106 valence electrons. The average molecular weight is 310 g/mol. The van der Waals surface area contributed by atoms with E-state index in [1.165, 1.54) is 22.7 Å². The molecule has 2 aromatic heterocycles. The molecule has 0 saturated heterocycles. The van der Waals surface area contributed by atoms with E-state index in [9.17, 15) is 9.59 Å². The van der Waals surface area contributed by atoms with Gasteiger partial charge in [-0.25, -0.2) is 9.78 Å². The molecule has 0 aliphatic carbocycles. The van der Waals surface area contributed by atoms with Crippen molar-refractivity contribution in [2.45, 2.75) is 20.8 Å². The van der Waals surface area contributed by atoms with Gasteiger partial charge in [0.1, 0.15) is 0 Å². The van der Waals surface area contributed by atoms with Crippen molar-refractivity contribution in [1.29, 1.82) is 0 Å². The molecule has 0 atom stereocenters. The lowest BCUT2D eigenvalue weighted by Crippen LogP contribution is -2.11. The van der Waals surface area contributed by atoms with Gasteiger partial charge in [0.05, 0.1) is 11.5 Å². The molecule has 0 aliphatic heterocycles. The Labute approximate surface area is 124 Å². The molecule has 0 spiro atoms. The zero-order chi connectivity index (χ0) is 14.7. The second kappa shape index (κ2) is 6.15. The van der Waals surface area contributed by atoms with E-state index >= 15 is 0 Å². The molecule has 2 rings (SSSR count). The fraction of sp³-hybridized carbons (Fsp3) is 0.308. The Kier molecular flexibility index (Phi) is 4.51. The molecule has 2 aromatic rings. The summed E-state index contributed by atoms with van der Waals surface area (Å²) in [5.74, 6) is -0.692. The summed E-state index contributed by atoms with van der Waals surface area (Å²) in [7, 11) is 0. The van der Waals surface area contributed by atoms with Crippen LogP contribution in [0.4, 0.5) is 5.13 Å². The van der Waals surface area contributed by atoms with Crippen LogP contribution >= 0.6 is 22.7 Å². The minimum atomic E-state index is -0.480. The van der Waals surface area contributed by atoms with Gasteiger partial charge >= 0.3 is 5.97 Å². The summed E-state index contributed by atoms with van der Waals surface area (Å²) in [6.45, 7) is 5.96. The number of amides is 1. The van der Waals surface area contributed by atoms with Crippen molar-refractivity contribution in [3.05, 3.63) is 32.5 Å². The molecule has 2 heterocycles. The van der Waals surface area contributed by atoms with Crippen LogP contribution in [-0.2, 0) is 4.74 Å². The number of hydrogen-bond donors (Lipinski definition) is 1. The summed E-state index contributed by atoms with van der Waals surface area (Å²) in [6.07, 6.45) is 0. The molecule has 0 fully saturated rings. The smallest absolute Gasteiger partial charge is 0.357 e. The topological polar surface area (TPSA) is 68.3 Å². The Bertz CT molecular complexity index is 626. The summed E-state index contributed by atoms with van der Waals surface area (Å²) in [4.78, 5) is 29.3. The maximum absolute atomic E-state index is 12.0. The number of rotatable bonds is 4. The number of anilines is 1. The molecule has 0 radical (unpaired) electrons. The lowest BCUT2D eigenvalue weighted by atomic mass is 10.3. The van der Waals surface area contributed by atoms with Crippen LogP contribution < -0.4 is 5.32 Å². The average Bonchev–Trinajstić information content (AvgIpc) is 2.98. The first kappa shape index (κ1) is 14.7. The third kappa shape index (κ3) is 3.23. The number of ether oxygens (including phenoxy) is 1. The van der Waals surface area contributed by atoms with Gasteiger partial charge < -0.3 is 4.74 Å². The highest BCUT2D eigenvalue weighted by Gasteiger charge is 2.15. The van der Waals surface area contributed by atoms with Gasteiger partial charge in [-0.15, -0.1) is 22.7 Å². The largest absolute Gasteiger partial charge is 0.461 e. The number of aryl methyl sites for hydroxylation is 2. The van der Waals surface area contributed by atoms with Gasteiger partial charge in [0.2, 0.25) is 0 Å². The van der Waals surface area contributed by atoms with Gasteiger partial charge in [0.25, 0.3) is 5.91 Å². The number of thiophene rings is 1. The number of nitrogens with one attached hydrogen (secondary N) is 1. The van der Waals surface area contributed by atoms with Crippen LogP contribution in [0.3, 0.4) is 0 Å². The van der Waals surface area contributed by atoms with Crippen molar-refractivity contribution in [2.75, 3.05) is 11.9 Å². The standard InChI is InChI=1S/C13H14N2O3S2/c1-4-18-12(17)9-6-19-13(14-9)15-11(16)10-5-7(2)8(3)20-10/h5-6H,4H2,1-3H3,(H,14,15,16). The first-order chi connectivity index (χ1) is 9.51. The minimum Gasteiger partial charge on any atom is -0.461 e. The third-order valence-electron chi connectivity index (χ3n) is 2.60. The number of carbonyl (C=O) groups excluding carboxylic acids is 2. The summed E-state index contributed by atoms with van der Waals surface area (Å²) < 4.78 is 4.84. The first-order valence-electron chi connectivity index (χ1n) is 6.02. The lowest BCUT2D eigenvalue weighted by molar-refractivity contribution is 0.0520. The molecule has 1 amide bonds. The number of aromatic nitrogens is 1. The van der Waals surface area contributed by atoms with E-state index in [4.69, 9.17) is 4.74 Å². The number of hydrogen-bond acceptors (Lipinski definition) is 6. The SMILES string of the molecule is CCOC(=O)c1csc(NC(=O)c2cc(C)c(C)s2)n1. The molecule has 0 bridgehead atoms. The van der Waals surface area contributed by atoms with Crippen LogP contribution in [0.25, 0.3) is 0 Å². The minimum absolute atomic E-state index is 0.212. The van der Waals surface area contributed by atoms with Crippen LogP contribution in [-0.4, -0.2) is 23.5 Å². The number of carbonyl (C=O) groups is 2. The van der Waals surface area contributed by atoms with Gasteiger partial charge in [-0.05, 0) is 32.4 Å². The fourth-order valence-electron chi connectivity index (χ4n) is 1.47. The first-order valence-corrected chi connectivity index (χ1v) is 7.72. The predicted molar refractivity (Wildman–Crippen MR) is 79.8 cm³/mol. The Morgan fingerprint density at radius 2 is 2.15 bits per heavy atom. The molecule has 0 unspecified atom stereocenters. The molecule has 0 saturated carbocycles. The van der Waals surface area contributed by atoms with Crippen LogP contribution in [0.15, 0.2) is 11.4 Å². The van der Waals surface area contributed by atoms with E-state index in [1.54, 1.807) is 12.3 Å². The van der Waals surface area contributed by atoms with Crippen LogP contribution in [0, 0.1) is 13.8 Å². The Morgan fingerprint density at radius 3 is 2.75 bits per heavy atom. The highest BCUT2D eigenvalue weighted by Crippen LogP contribution is 2.23. The summed E-state index contributed by atoms with van der Waals surface area (Å²) in [5.41, 5.74) is 1.30. The second-order valence-electron chi connectivity index (χ2n) is 4.06. The van der Waals surface area contributed by atoms with Gasteiger partial charge in [0, 0.05) is 10.3 Å². The number of esters is 1.